The second-order valence-electron chi connectivity index (χ2n) is 5.39. The quantitative estimate of drug-likeness (QED) is 0.694. The molecule has 0 aromatic rings. The van der Waals surface area contributed by atoms with E-state index < -0.39 is 10.8 Å². The van der Waals surface area contributed by atoms with Gasteiger partial charge >= 0.3 is 0 Å². The second-order valence-corrected chi connectivity index (χ2v) is 6.87. The molecule has 96 valence electrons. The van der Waals surface area contributed by atoms with Crippen LogP contribution in [0.4, 0.5) is 0 Å². The molecule has 0 spiro atoms. The highest BCUT2D eigenvalue weighted by molar-refractivity contribution is 7.84. The van der Waals surface area contributed by atoms with Crippen LogP contribution >= 0.6 is 0 Å². The van der Waals surface area contributed by atoms with E-state index in [1.807, 2.05) is 0 Å². The van der Waals surface area contributed by atoms with Gasteiger partial charge in [0.25, 0.3) is 0 Å². The number of hydrogen-bond donors (Lipinski definition) is 0. The summed E-state index contributed by atoms with van der Waals surface area (Å²) < 4.78 is 11.2. The van der Waals surface area contributed by atoms with E-state index in [-0.39, 0.29) is 0 Å². The lowest BCUT2D eigenvalue weighted by atomic mass is 9.99. The van der Waals surface area contributed by atoms with Crippen LogP contribution in [0.5, 0.6) is 0 Å². The van der Waals surface area contributed by atoms with E-state index in [4.69, 9.17) is 0 Å². The fraction of sp³-hybridized carbons (Fsp3) is 1.00. The van der Waals surface area contributed by atoms with Crippen LogP contribution in [0.2, 0.25) is 0 Å². The first kappa shape index (κ1) is 14.2. The molecule has 2 nitrogen and oxygen atoms in total. The molecule has 0 amide bonds. The molecule has 1 saturated carbocycles. The summed E-state index contributed by atoms with van der Waals surface area (Å²) in [4.78, 5) is 2.40. The monoisotopic (exact) mass is 245 g/mol. The molecule has 0 radical (unpaired) electrons. The molecule has 16 heavy (non-hydrogen) atoms. The average Bonchev–Trinajstić information content (AvgIpc) is 2.45. The molecular formula is C13H27NOS. The van der Waals surface area contributed by atoms with Gasteiger partial charge in [0, 0.05) is 35.4 Å². The molecule has 0 aromatic heterocycles. The SMILES string of the molecule is C[C@H](C[S@](C)=O)N(C)CC1CCCCCC1. The summed E-state index contributed by atoms with van der Waals surface area (Å²) in [5.74, 6) is 1.68. The van der Waals surface area contributed by atoms with Crippen LogP contribution in [0, 0.1) is 5.92 Å². The van der Waals surface area contributed by atoms with Gasteiger partial charge in [0.05, 0.1) is 0 Å². The number of nitrogens with zero attached hydrogens (tertiary/aromatic N) is 1. The largest absolute Gasteiger partial charge is 0.303 e. The smallest absolute Gasteiger partial charge is 0.0385 e. The zero-order chi connectivity index (χ0) is 12.0. The highest BCUT2D eigenvalue weighted by Crippen LogP contribution is 2.23. The van der Waals surface area contributed by atoms with Gasteiger partial charge in [-0.2, -0.15) is 0 Å². The average molecular weight is 245 g/mol. The fourth-order valence-corrected chi connectivity index (χ4v) is 3.53. The van der Waals surface area contributed by atoms with Crippen molar-refractivity contribution in [1.82, 2.24) is 4.90 Å². The molecule has 0 unspecified atom stereocenters. The lowest BCUT2D eigenvalue weighted by Gasteiger charge is -2.28. The van der Waals surface area contributed by atoms with Crippen molar-refractivity contribution >= 4 is 10.8 Å². The highest BCUT2D eigenvalue weighted by atomic mass is 32.2. The van der Waals surface area contributed by atoms with E-state index in [1.54, 1.807) is 6.26 Å². The van der Waals surface area contributed by atoms with Crippen molar-refractivity contribution in [1.29, 1.82) is 0 Å². The van der Waals surface area contributed by atoms with Crippen molar-refractivity contribution in [2.24, 2.45) is 5.92 Å². The maximum Gasteiger partial charge on any atom is 0.0385 e. The minimum absolute atomic E-state index is 0.453. The van der Waals surface area contributed by atoms with E-state index >= 15 is 0 Å². The summed E-state index contributed by atoms with van der Waals surface area (Å²) in [6.07, 6.45) is 10.3. The minimum Gasteiger partial charge on any atom is -0.303 e. The van der Waals surface area contributed by atoms with E-state index in [9.17, 15) is 4.21 Å². The van der Waals surface area contributed by atoms with E-state index in [1.165, 1.54) is 45.1 Å². The molecule has 1 fully saturated rings. The summed E-state index contributed by atoms with van der Waals surface area (Å²) in [5, 5.41) is 0. The van der Waals surface area contributed by atoms with Crippen LogP contribution < -0.4 is 0 Å². The Kier molecular flexibility index (Phi) is 6.59. The topological polar surface area (TPSA) is 20.3 Å². The van der Waals surface area contributed by atoms with E-state index in [0.29, 0.717) is 6.04 Å². The maximum absolute atomic E-state index is 11.2. The molecule has 0 saturated heterocycles. The molecule has 3 heteroatoms. The summed E-state index contributed by atoms with van der Waals surface area (Å²) in [6, 6.07) is 0.453. The van der Waals surface area contributed by atoms with Crippen molar-refractivity contribution in [2.45, 2.75) is 51.5 Å². The predicted molar refractivity (Wildman–Crippen MR) is 72.2 cm³/mol. The molecule has 1 aliphatic rings. The van der Waals surface area contributed by atoms with Crippen LogP contribution in [0.15, 0.2) is 0 Å². The van der Waals surface area contributed by atoms with Gasteiger partial charge in [-0.1, -0.05) is 25.7 Å². The van der Waals surface area contributed by atoms with Crippen molar-refractivity contribution in [3.8, 4) is 0 Å². The second kappa shape index (κ2) is 7.44. The third kappa shape index (κ3) is 5.44. The zero-order valence-electron chi connectivity index (χ0n) is 11.1. The first-order chi connectivity index (χ1) is 7.59. The molecule has 0 heterocycles. The van der Waals surface area contributed by atoms with Gasteiger partial charge < -0.3 is 4.90 Å². The normalized spacial score (nSPS) is 23.0. The lowest BCUT2D eigenvalue weighted by molar-refractivity contribution is 0.220. The van der Waals surface area contributed by atoms with E-state index in [2.05, 4.69) is 18.9 Å². The Labute approximate surface area is 103 Å². The van der Waals surface area contributed by atoms with Crippen molar-refractivity contribution < 1.29 is 4.21 Å². The molecule has 0 aromatic carbocycles. The molecule has 0 aliphatic heterocycles. The predicted octanol–water partition coefficient (Wildman–Crippen LogP) is 2.66. The Balaban J connectivity index is 2.30. The van der Waals surface area contributed by atoms with Crippen LogP contribution in [0.3, 0.4) is 0 Å². The first-order valence-electron chi connectivity index (χ1n) is 6.60. The Morgan fingerprint density at radius 2 is 1.81 bits per heavy atom. The third-order valence-electron chi connectivity index (χ3n) is 3.75. The number of hydrogen-bond acceptors (Lipinski definition) is 2. The van der Waals surface area contributed by atoms with Gasteiger partial charge in [-0.15, -0.1) is 0 Å². The standard InChI is InChI=1S/C13H27NOS/c1-12(11-16(3)15)14(2)10-13-8-6-4-5-7-9-13/h12-13H,4-11H2,1-3H3/t12-,16+/m1/s1. The van der Waals surface area contributed by atoms with Crippen LogP contribution in [0.1, 0.15) is 45.4 Å². The van der Waals surface area contributed by atoms with Gasteiger partial charge in [-0.3, -0.25) is 4.21 Å². The molecule has 2 atom stereocenters. The van der Waals surface area contributed by atoms with Crippen LogP contribution in [-0.4, -0.2) is 40.8 Å². The molecule has 0 N–H and O–H groups in total. The molecular weight excluding hydrogens is 218 g/mol. The summed E-state index contributed by atoms with van der Waals surface area (Å²) in [5.41, 5.74) is 0. The maximum atomic E-state index is 11.2. The fourth-order valence-electron chi connectivity index (χ4n) is 2.60. The molecule has 1 aliphatic carbocycles. The van der Waals surface area contributed by atoms with Gasteiger partial charge in [0.15, 0.2) is 0 Å². The Bertz CT molecular complexity index is 212. The highest BCUT2D eigenvalue weighted by Gasteiger charge is 2.17. The minimum atomic E-state index is -0.668. The van der Waals surface area contributed by atoms with Crippen molar-refractivity contribution in [2.75, 3.05) is 25.6 Å². The van der Waals surface area contributed by atoms with E-state index in [0.717, 1.165) is 11.7 Å². The number of rotatable bonds is 5. The Morgan fingerprint density at radius 3 is 2.31 bits per heavy atom. The molecule has 1 rings (SSSR count). The van der Waals surface area contributed by atoms with Crippen molar-refractivity contribution in [3.05, 3.63) is 0 Å². The summed E-state index contributed by atoms with van der Waals surface area (Å²) >= 11 is 0. The van der Waals surface area contributed by atoms with Gasteiger partial charge in [-0.05, 0) is 32.7 Å². The van der Waals surface area contributed by atoms with Gasteiger partial charge in [0.1, 0.15) is 0 Å². The molecule has 0 bridgehead atoms. The first-order valence-corrected chi connectivity index (χ1v) is 8.32. The van der Waals surface area contributed by atoms with Crippen LogP contribution in [-0.2, 0) is 10.8 Å². The van der Waals surface area contributed by atoms with Gasteiger partial charge in [-0.25, -0.2) is 0 Å². The third-order valence-corrected chi connectivity index (χ3v) is 4.70. The van der Waals surface area contributed by atoms with Crippen LogP contribution in [0.25, 0.3) is 0 Å². The lowest BCUT2D eigenvalue weighted by Crippen LogP contribution is -2.36. The van der Waals surface area contributed by atoms with Gasteiger partial charge in [0.2, 0.25) is 0 Å². The Hall–Kier alpha value is 0.110. The zero-order valence-corrected chi connectivity index (χ0v) is 11.9. The Morgan fingerprint density at radius 1 is 1.25 bits per heavy atom. The summed E-state index contributed by atoms with van der Waals surface area (Å²) in [6.45, 7) is 3.39. The summed E-state index contributed by atoms with van der Waals surface area (Å²) in [7, 11) is 1.52. The van der Waals surface area contributed by atoms with Crippen molar-refractivity contribution in [3.63, 3.8) is 0 Å².